The van der Waals surface area contributed by atoms with E-state index in [-0.39, 0.29) is 5.92 Å². The van der Waals surface area contributed by atoms with E-state index in [9.17, 15) is 13.2 Å². The van der Waals surface area contributed by atoms with E-state index in [0.717, 1.165) is 25.3 Å². The quantitative estimate of drug-likeness (QED) is 0.643. The molecule has 0 radical (unpaired) electrons. The lowest BCUT2D eigenvalue weighted by molar-refractivity contribution is -0.140. The van der Waals surface area contributed by atoms with Crippen LogP contribution >= 0.6 is 0 Å². The number of aryl methyl sites for hydroxylation is 1. The molecule has 0 spiro atoms. The Morgan fingerprint density at radius 3 is 2.65 bits per heavy atom. The minimum atomic E-state index is -4.46. The Bertz CT molecular complexity index is 934. The summed E-state index contributed by atoms with van der Waals surface area (Å²) in [5.41, 5.74) is 1.78. The Balaban J connectivity index is 1.66. The Morgan fingerprint density at radius 1 is 1.04 bits per heavy atom. The standard InChI is InChI=1S/C21H19F3N2/c22-21(23,24)19-12-15-7-2-4-11-18(15)20(26-19)25-13-16-9-5-8-14-6-1-3-10-17(14)16/h1-4,6-7,10-12,16H,5,8-9,13H2,(H,25,26). The highest BCUT2D eigenvalue weighted by molar-refractivity contribution is 5.92. The molecule has 1 N–H and O–H groups in total. The van der Waals surface area contributed by atoms with Gasteiger partial charge in [-0.1, -0.05) is 48.5 Å². The van der Waals surface area contributed by atoms with Gasteiger partial charge in [0.15, 0.2) is 0 Å². The van der Waals surface area contributed by atoms with Crippen LogP contribution in [-0.4, -0.2) is 11.5 Å². The molecule has 2 aromatic carbocycles. The van der Waals surface area contributed by atoms with Gasteiger partial charge in [-0.15, -0.1) is 0 Å². The van der Waals surface area contributed by atoms with Crippen molar-refractivity contribution in [3.8, 4) is 0 Å². The van der Waals surface area contributed by atoms with Crippen molar-refractivity contribution in [3.05, 3.63) is 71.4 Å². The Morgan fingerprint density at radius 2 is 1.81 bits per heavy atom. The molecule has 5 heteroatoms. The van der Waals surface area contributed by atoms with Crippen molar-refractivity contribution in [1.29, 1.82) is 0 Å². The minimum Gasteiger partial charge on any atom is -0.369 e. The Labute approximate surface area is 150 Å². The van der Waals surface area contributed by atoms with E-state index in [1.54, 1.807) is 18.2 Å². The van der Waals surface area contributed by atoms with E-state index in [0.29, 0.717) is 23.1 Å². The second kappa shape index (κ2) is 6.63. The molecule has 1 atom stereocenters. The third kappa shape index (κ3) is 3.26. The third-order valence-electron chi connectivity index (χ3n) is 5.04. The second-order valence-electron chi connectivity index (χ2n) is 6.74. The highest BCUT2D eigenvalue weighted by atomic mass is 19.4. The molecule has 0 aliphatic heterocycles. The summed E-state index contributed by atoms with van der Waals surface area (Å²) in [5, 5.41) is 4.46. The average molecular weight is 356 g/mol. The van der Waals surface area contributed by atoms with Crippen molar-refractivity contribution in [1.82, 2.24) is 4.98 Å². The van der Waals surface area contributed by atoms with Crippen molar-refractivity contribution in [3.63, 3.8) is 0 Å². The predicted octanol–water partition coefficient (Wildman–Crippen LogP) is 5.79. The topological polar surface area (TPSA) is 24.9 Å². The van der Waals surface area contributed by atoms with Crippen molar-refractivity contribution in [2.24, 2.45) is 0 Å². The molecule has 0 fully saturated rings. The first-order valence-electron chi connectivity index (χ1n) is 8.81. The highest BCUT2D eigenvalue weighted by Crippen LogP contribution is 2.34. The molecule has 0 saturated heterocycles. The second-order valence-corrected chi connectivity index (χ2v) is 6.74. The molecule has 1 aliphatic rings. The first-order chi connectivity index (χ1) is 12.5. The summed E-state index contributed by atoms with van der Waals surface area (Å²) in [6.07, 6.45) is -1.27. The molecule has 1 aromatic heterocycles. The lowest BCUT2D eigenvalue weighted by Crippen LogP contribution is -2.19. The maximum atomic E-state index is 13.2. The smallest absolute Gasteiger partial charge is 0.369 e. The van der Waals surface area contributed by atoms with Gasteiger partial charge < -0.3 is 5.32 Å². The van der Waals surface area contributed by atoms with Gasteiger partial charge in [0.25, 0.3) is 0 Å². The van der Waals surface area contributed by atoms with Gasteiger partial charge in [-0.3, -0.25) is 0 Å². The van der Waals surface area contributed by atoms with Crippen LogP contribution in [0.2, 0.25) is 0 Å². The van der Waals surface area contributed by atoms with Crippen LogP contribution < -0.4 is 5.32 Å². The monoisotopic (exact) mass is 356 g/mol. The largest absolute Gasteiger partial charge is 0.433 e. The van der Waals surface area contributed by atoms with Crippen LogP contribution in [-0.2, 0) is 12.6 Å². The summed E-state index contributed by atoms with van der Waals surface area (Å²) in [6, 6.07) is 16.5. The zero-order chi connectivity index (χ0) is 18.1. The highest BCUT2D eigenvalue weighted by Gasteiger charge is 2.33. The zero-order valence-corrected chi connectivity index (χ0v) is 14.2. The van der Waals surface area contributed by atoms with E-state index < -0.39 is 11.9 Å². The van der Waals surface area contributed by atoms with Crippen LogP contribution in [0.5, 0.6) is 0 Å². The molecule has 0 saturated carbocycles. The number of anilines is 1. The van der Waals surface area contributed by atoms with Gasteiger partial charge in [-0.25, -0.2) is 4.98 Å². The fourth-order valence-electron chi connectivity index (χ4n) is 3.77. The fourth-order valence-corrected chi connectivity index (χ4v) is 3.77. The Hall–Kier alpha value is -2.56. The van der Waals surface area contributed by atoms with Gasteiger partial charge in [0.05, 0.1) is 0 Å². The normalized spacial score (nSPS) is 17.1. The lowest BCUT2D eigenvalue weighted by atomic mass is 9.83. The summed E-state index contributed by atoms with van der Waals surface area (Å²) in [4.78, 5) is 3.88. The van der Waals surface area contributed by atoms with Gasteiger partial charge in [0.2, 0.25) is 0 Å². The summed E-state index contributed by atoms with van der Waals surface area (Å²) in [5.74, 6) is 0.591. The van der Waals surface area contributed by atoms with Crippen molar-refractivity contribution in [2.75, 3.05) is 11.9 Å². The number of halogens is 3. The van der Waals surface area contributed by atoms with Crippen molar-refractivity contribution in [2.45, 2.75) is 31.4 Å². The Kier molecular flexibility index (Phi) is 4.31. The average Bonchev–Trinajstić information content (AvgIpc) is 2.65. The van der Waals surface area contributed by atoms with Crippen molar-refractivity contribution >= 4 is 16.6 Å². The van der Waals surface area contributed by atoms with E-state index in [1.807, 2.05) is 18.2 Å². The first-order valence-corrected chi connectivity index (χ1v) is 8.81. The SMILES string of the molecule is FC(F)(F)c1cc2ccccc2c(NCC2CCCc3ccccc32)n1. The fraction of sp³-hybridized carbons (Fsp3) is 0.286. The van der Waals surface area contributed by atoms with E-state index >= 15 is 0 Å². The summed E-state index contributed by atoms with van der Waals surface area (Å²) in [6.45, 7) is 0.579. The molecular weight excluding hydrogens is 337 g/mol. The molecular formula is C21H19F3N2. The predicted molar refractivity (Wildman–Crippen MR) is 97.4 cm³/mol. The number of hydrogen-bond acceptors (Lipinski definition) is 2. The number of nitrogens with one attached hydrogen (secondary N) is 1. The van der Waals surface area contributed by atoms with Crippen LogP contribution in [0.25, 0.3) is 10.8 Å². The number of benzene rings is 2. The van der Waals surface area contributed by atoms with Crippen LogP contribution in [0, 0.1) is 0 Å². The third-order valence-corrected chi connectivity index (χ3v) is 5.04. The number of nitrogens with zero attached hydrogens (tertiary/aromatic N) is 1. The number of rotatable bonds is 3. The molecule has 2 nitrogen and oxygen atoms in total. The molecule has 1 heterocycles. The zero-order valence-electron chi connectivity index (χ0n) is 14.2. The number of alkyl halides is 3. The maximum absolute atomic E-state index is 13.2. The molecule has 0 bridgehead atoms. The van der Waals surface area contributed by atoms with Crippen LogP contribution in [0.3, 0.4) is 0 Å². The summed E-state index contributed by atoms with van der Waals surface area (Å²) < 4.78 is 39.6. The molecule has 4 rings (SSSR count). The number of fused-ring (bicyclic) bond motifs is 2. The summed E-state index contributed by atoms with van der Waals surface area (Å²) >= 11 is 0. The molecule has 1 unspecified atom stereocenters. The molecule has 3 aromatic rings. The lowest BCUT2D eigenvalue weighted by Gasteiger charge is -2.26. The molecule has 134 valence electrons. The van der Waals surface area contributed by atoms with Crippen LogP contribution in [0.1, 0.15) is 35.6 Å². The van der Waals surface area contributed by atoms with Gasteiger partial charge in [0.1, 0.15) is 11.5 Å². The number of pyridine rings is 1. The van der Waals surface area contributed by atoms with Crippen molar-refractivity contribution < 1.29 is 13.2 Å². The number of hydrogen-bond donors (Lipinski definition) is 1. The van der Waals surface area contributed by atoms with Gasteiger partial charge in [0, 0.05) is 17.8 Å². The van der Waals surface area contributed by atoms with Gasteiger partial charge in [-0.05, 0) is 41.8 Å². The minimum absolute atomic E-state index is 0.287. The first kappa shape index (κ1) is 16.9. The molecule has 26 heavy (non-hydrogen) atoms. The number of aromatic nitrogens is 1. The molecule has 0 amide bonds. The van der Waals surface area contributed by atoms with Crippen LogP contribution in [0.15, 0.2) is 54.6 Å². The van der Waals surface area contributed by atoms with Gasteiger partial charge in [-0.2, -0.15) is 13.2 Å². The molecule has 1 aliphatic carbocycles. The summed E-state index contributed by atoms with van der Waals surface area (Å²) in [7, 11) is 0. The van der Waals surface area contributed by atoms with Crippen LogP contribution in [0.4, 0.5) is 19.0 Å². The van der Waals surface area contributed by atoms with E-state index in [4.69, 9.17) is 0 Å². The van der Waals surface area contributed by atoms with Gasteiger partial charge >= 0.3 is 6.18 Å². The van der Waals surface area contributed by atoms with E-state index in [1.165, 1.54) is 11.1 Å². The van der Waals surface area contributed by atoms with E-state index in [2.05, 4.69) is 22.4 Å². The maximum Gasteiger partial charge on any atom is 0.433 e.